The van der Waals surface area contributed by atoms with Gasteiger partial charge in [-0.2, -0.15) is 8.78 Å². The molecule has 0 aliphatic carbocycles. The van der Waals surface area contributed by atoms with Crippen molar-refractivity contribution in [3.8, 4) is 5.75 Å². The first-order valence-corrected chi connectivity index (χ1v) is 10.3. The van der Waals surface area contributed by atoms with Crippen LogP contribution in [0.15, 0.2) is 54.6 Å². The maximum absolute atomic E-state index is 12.6. The van der Waals surface area contributed by atoms with E-state index in [1.54, 1.807) is 24.3 Å². The summed E-state index contributed by atoms with van der Waals surface area (Å²) in [4.78, 5) is 12.1. The normalized spacial score (nSPS) is 11.5. The lowest BCUT2D eigenvalue weighted by Gasteiger charge is -2.11. The lowest BCUT2D eigenvalue weighted by Crippen LogP contribution is -2.11. The van der Waals surface area contributed by atoms with Crippen LogP contribution in [0.2, 0.25) is 0 Å². The molecule has 4 nitrogen and oxygen atoms in total. The standard InChI is InChI=1S/C25H23F2N2O2/c1-2-3-6-16-11-12-19-22(14-16)29(21-10-5-9-20(23(19)21)24(28)30)15-17-7-4-8-18(13-17)31-25(26)27/h4-5,7-11,13-14,25H,2-3,6,15H2,1H3,(H2,28,30). The van der Waals surface area contributed by atoms with E-state index in [2.05, 4.69) is 28.4 Å². The SMILES string of the molecule is CCCCc1c[c]c2c3c(C(N)=O)cccc3n(Cc3cccc(OC(F)F)c3)c2c1. The number of ether oxygens (including phenoxy) is 1. The first kappa shape index (κ1) is 20.8. The Hall–Kier alpha value is -3.41. The number of benzene rings is 3. The van der Waals surface area contributed by atoms with Gasteiger partial charge in [-0.15, -0.1) is 0 Å². The summed E-state index contributed by atoms with van der Waals surface area (Å²) in [6, 6.07) is 19.5. The van der Waals surface area contributed by atoms with E-state index >= 15 is 0 Å². The van der Waals surface area contributed by atoms with Gasteiger partial charge in [-0.25, -0.2) is 0 Å². The summed E-state index contributed by atoms with van der Waals surface area (Å²) in [7, 11) is 0. The van der Waals surface area contributed by atoms with Crippen molar-refractivity contribution in [2.75, 3.05) is 0 Å². The van der Waals surface area contributed by atoms with Crippen LogP contribution in [0.4, 0.5) is 8.78 Å². The number of rotatable bonds is 8. The molecular formula is C25H23F2N2O2. The van der Waals surface area contributed by atoms with Gasteiger partial charge >= 0.3 is 6.61 Å². The van der Waals surface area contributed by atoms with Crippen molar-refractivity contribution in [2.45, 2.75) is 39.3 Å². The number of hydrogen-bond donors (Lipinski definition) is 1. The van der Waals surface area contributed by atoms with E-state index in [0.717, 1.165) is 52.2 Å². The van der Waals surface area contributed by atoms with Crippen molar-refractivity contribution in [2.24, 2.45) is 5.73 Å². The third-order valence-corrected chi connectivity index (χ3v) is 5.40. The summed E-state index contributed by atoms with van der Waals surface area (Å²) in [5.41, 5.74) is 9.82. The number of aromatic nitrogens is 1. The number of aryl methyl sites for hydroxylation is 1. The van der Waals surface area contributed by atoms with Crippen LogP contribution < -0.4 is 10.5 Å². The number of primary amides is 1. The van der Waals surface area contributed by atoms with Gasteiger partial charge in [-0.05, 0) is 60.4 Å². The topological polar surface area (TPSA) is 57.2 Å². The molecule has 2 N–H and O–H groups in total. The Bertz CT molecular complexity index is 1250. The van der Waals surface area contributed by atoms with Crippen LogP contribution in [-0.4, -0.2) is 17.1 Å². The smallest absolute Gasteiger partial charge is 0.387 e. The van der Waals surface area contributed by atoms with Gasteiger partial charge in [0, 0.05) is 22.9 Å². The highest BCUT2D eigenvalue weighted by molar-refractivity contribution is 6.17. The lowest BCUT2D eigenvalue weighted by atomic mass is 10.0. The minimum absolute atomic E-state index is 0.112. The monoisotopic (exact) mass is 421 g/mol. The molecule has 0 saturated carbocycles. The fourth-order valence-corrected chi connectivity index (χ4v) is 4.00. The van der Waals surface area contributed by atoms with Gasteiger partial charge in [0.05, 0.1) is 11.0 Å². The molecule has 1 heterocycles. The summed E-state index contributed by atoms with van der Waals surface area (Å²) in [6.45, 7) is -0.307. The number of halogens is 2. The second-order valence-electron chi connectivity index (χ2n) is 7.55. The predicted octanol–water partition coefficient (Wildman–Crippen LogP) is 5.69. The van der Waals surface area contributed by atoms with Crippen LogP contribution in [0.25, 0.3) is 21.8 Å². The summed E-state index contributed by atoms with van der Waals surface area (Å²) in [5.74, 6) is -0.387. The highest BCUT2D eigenvalue weighted by Gasteiger charge is 2.17. The average molecular weight is 421 g/mol. The maximum atomic E-state index is 12.6. The Morgan fingerprint density at radius 1 is 1.13 bits per heavy atom. The number of carbonyl (C=O) groups excluding carboxylic acids is 1. The molecule has 0 spiro atoms. The summed E-state index contributed by atoms with van der Waals surface area (Å²) < 4.78 is 31.9. The second kappa shape index (κ2) is 8.76. The van der Waals surface area contributed by atoms with Gasteiger partial charge in [-0.3, -0.25) is 4.79 Å². The van der Waals surface area contributed by atoms with E-state index in [4.69, 9.17) is 5.73 Å². The van der Waals surface area contributed by atoms with Crippen LogP contribution in [0.1, 0.15) is 41.3 Å². The van der Waals surface area contributed by atoms with Crippen LogP contribution in [0.5, 0.6) is 5.75 Å². The molecule has 159 valence electrons. The Labute approximate surface area is 179 Å². The van der Waals surface area contributed by atoms with Crippen molar-refractivity contribution >= 4 is 27.7 Å². The molecule has 4 rings (SSSR count). The fraction of sp³-hybridized carbons (Fsp3) is 0.240. The Balaban J connectivity index is 1.89. The zero-order valence-electron chi connectivity index (χ0n) is 17.2. The minimum atomic E-state index is -2.88. The van der Waals surface area contributed by atoms with Gasteiger partial charge in [0.2, 0.25) is 5.91 Å². The molecule has 3 aromatic carbocycles. The number of unbranched alkanes of at least 4 members (excludes halogenated alkanes) is 1. The van der Waals surface area contributed by atoms with Crippen molar-refractivity contribution in [1.82, 2.24) is 4.57 Å². The second-order valence-corrected chi connectivity index (χ2v) is 7.55. The molecule has 1 radical (unpaired) electrons. The summed E-state index contributed by atoms with van der Waals surface area (Å²) >= 11 is 0. The highest BCUT2D eigenvalue weighted by atomic mass is 19.3. The first-order valence-electron chi connectivity index (χ1n) is 10.3. The molecule has 6 heteroatoms. The largest absolute Gasteiger partial charge is 0.435 e. The van der Waals surface area contributed by atoms with E-state index < -0.39 is 12.5 Å². The number of alkyl halides is 2. The maximum Gasteiger partial charge on any atom is 0.387 e. The van der Waals surface area contributed by atoms with Crippen molar-refractivity contribution in [3.63, 3.8) is 0 Å². The zero-order valence-corrected chi connectivity index (χ0v) is 17.2. The Morgan fingerprint density at radius 2 is 1.94 bits per heavy atom. The van der Waals surface area contributed by atoms with Crippen molar-refractivity contribution < 1.29 is 18.3 Å². The van der Waals surface area contributed by atoms with Crippen LogP contribution in [0.3, 0.4) is 0 Å². The summed E-state index contributed by atoms with van der Waals surface area (Å²) in [6.07, 6.45) is 3.09. The lowest BCUT2D eigenvalue weighted by molar-refractivity contribution is -0.0498. The van der Waals surface area contributed by atoms with Gasteiger partial charge < -0.3 is 15.0 Å². The number of fused-ring (bicyclic) bond motifs is 3. The third kappa shape index (κ3) is 4.24. The molecular weight excluding hydrogens is 398 g/mol. The molecule has 1 aromatic heterocycles. The third-order valence-electron chi connectivity index (χ3n) is 5.40. The molecule has 0 aliphatic rings. The molecule has 0 aliphatic heterocycles. The van der Waals surface area contributed by atoms with Crippen molar-refractivity contribution in [3.05, 3.63) is 77.4 Å². The average Bonchev–Trinajstić information content (AvgIpc) is 3.05. The molecule has 0 bridgehead atoms. The fourth-order valence-electron chi connectivity index (χ4n) is 4.00. The zero-order chi connectivity index (χ0) is 22.0. The van der Waals surface area contributed by atoms with Gasteiger partial charge in [0.15, 0.2) is 0 Å². The van der Waals surface area contributed by atoms with Gasteiger partial charge in [-0.1, -0.05) is 37.6 Å². The van der Waals surface area contributed by atoms with E-state index in [0.29, 0.717) is 12.1 Å². The minimum Gasteiger partial charge on any atom is -0.435 e. The molecule has 1 amide bonds. The molecule has 0 saturated heterocycles. The number of nitrogens with zero attached hydrogens (tertiary/aromatic N) is 1. The van der Waals surface area contributed by atoms with Crippen molar-refractivity contribution in [1.29, 1.82) is 0 Å². The van der Waals surface area contributed by atoms with E-state index in [-0.39, 0.29) is 5.75 Å². The molecule has 0 atom stereocenters. The van der Waals surface area contributed by atoms with Crippen LogP contribution in [0, 0.1) is 6.07 Å². The summed E-state index contributed by atoms with van der Waals surface area (Å²) in [5, 5.41) is 1.58. The predicted molar refractivity (Wildman–Crippen MR) is 118 cm³/mol. The Kier molecular flexibility index (Phi) is 5.89. The van der Waals surface area contributed by atoms with Gasteiger partial charge in [0.25, 0.3) is 0 Å². The molecule has 31 heavy (non-hydrogen) atoms. The highest BCUT2D eigenvalue weighted by Crippen LogP contribution is 2.33. The van der Waals surface area contributed by atoms with E-state index in [1.807, 2.05) is 18.2 Å². The number of hydrogen-bond acceptors (Lipinski definition) is 2. The molecule has 0 fully saturated rings. The van der Waals surface area contributed by atoms with Crippen LogP contribution >= 0.6 is 0 Å². The molecule has 0 unspecified atom stereocenters. The van der Waals surface area contributed by atoms with Gasteiger partial charge in [0.1, 0.15) is 5.75 Å². The number of carbonyl (C=O) groups is 1. The quantitative estimate of drug-likeness (QED) is 0.398. The number of nitrogens with two attached hydrogens (primary N) is 1. The van der Waals surface area contributed by atoms with Crippen LogP contribution in [-0.2, 0) is 13.0 Å². The first-order chi connectivity index (χ1) is 15.0. The Morgan fingerprint density at radius 3 is 2.68 bits per heavy atom. The molecule has 4 aromatic rings. The van der Waals surface area contributed by atoms with E-state index in [1.165, 1.54) is 6.07 Å². The number of amides is 1. The van der Waals surface area contributed by atoms with E-state index in [9.17, 15) is 13.6 Å².